The van der Waals surface area contributed by atoms with Crippen molar-refractivity contribution in [1.82, 2.24) is 5.32 Å². The first kappa shape index (κ1) is 24.3. The van der Waals surface area contributed by atoms with E-state index in [0.29, 0.717) is 0 Å². The van der Waals surface area contributed by atoms with Crippen LogP contribution in [-0.2, 0) is 9.53 Å². The Bertz CT molecular complexity index is 1240. The van der Waals surface area contributed by atoms with Gasteiger partial charge in [-0.3, -0.25) is 4.79 Å². The number of benzene rings is 3. The minimum absolute atomic E-state index is 0.000826. The van der Waals surface area contributed by atoms with Gasteiger partial charge in [-0.05, 0) is 40.3 Å². The predicted molar refractivity (Wildman–Crippen MR) is 134 cm³/mol. The molecule has 1 aliphatic carbocycles. The smallest absolute Gasteiger partial charge is 0.407 e. The second-order valence-corrected chi connectivity index (χ2v) is 9.06. The molecule has 3 aromatic rings. The van der Waals surface area contributed by atoms with E-state index >= 15 is 0 Å². The number of rotatable bonds is 7. The van der Waals surface area contributed by atoms with Crippen molar-refractivity contribution in [2.45, 2.75) is 25.8 Å². The number of anilines is 1. The lowest BCUT2D eigenvalue weighted by Gasteiger charge is -2.23. The van der Waals surface area contributed by atoms with Gasteiger partial charge in [0.2, 0.25) is 5.91 Å². The van der Waals surface area contributed by atoms with E-state index in [4.69, 9.17) is 16.3 Å². The van der Waals surface area contributed by atoms with Crippen LogP contribution >= 0.6 is 11.6 Å². The van der Waals surface area contributed by atoms with Gasteiger partial charge in [0.25, 0.3) is 0 Å². The number of fused-ring (bicyclic) bond motifs is 3. The Hall–Kier alpha value is -3.84. The summed E-state index contributed by atoms with van der Waals surface area (Å²) in [6.45, 7) is 3.65. The molecule has 35 heavy (non-hydrogen) atoms. The molecule has 180 valence electrons. The van der Waals surface area contributed by atoms with E-state index in [9.17, 15) is 19.5 Å². The van der Waals surface area contributed by atoms with Crippen molar-refractivity contribution in [3.8, 4) is 11.1 Å². The summed E-state index contributed by atoms with van der Waals surface area (Å²) in [6, 6.07) is 19.5. The summed E-state index contributed by atoms with van der Waals surface area (Å²) < 4.78 is 5.56. The van der Waals surface area contributed by atoms with Crippen LogP contribution in [0, 0.1) is 5.92 Å². The highest BCUT2D eigenvalue weighted by atomic mass is 35.5. The summed E-state index contributed by atoms with van der Waals surface area (Å²) in [4.78, 5) is 37.2. The van der Waals surface area contributed by atoms with Gasteiger partial charge in [-0.1, -0.05) is 80.0 Å². The van der Waals surface area contributed by atoms with Crippen LogP contribution in [0.1, 0.15) is 41.3 Å². The number of carboxylic acid groups (broad SMARTS) is 1. The zero-order valence-corrected chi connectivity index (χ0v) is 20.0. The summed E-state index contributed by atoms with van der Waals surface area (Å²) in [5, 5.41) is 14.6. The maximum absolute atomic E-state index is 12.9. The molecule has 3 N–H and O–H groups in total. The van der Waals surface area contributed by atoms with Crippen LogP contribution in [0.2, 0.25) is 5.02 Å². The number of nitrogens with one attached hydrogen (secondary N) is 2. The standard InChI is InChI=1S/C27H25ClN2O5/c1-15(2)24(25(31)29-22-13-7-12-21(28)23(22)26(32)33)30-27(34)35-14-20-18-10-5-3-8-16(18)17-9-4-6-11-19(17)20/h3-13,15,20,24H,14H2,1-2H3,(H,29,31)(H,30,34)(H,32,33)/t24-/m1/s1. The fourth-order valence-electron chi connectivity index (χ4n) is 4.36. The molecule has 0 saturated heterocycles. The van der Waals surface area contributed by atoms with E-state index in [0.717, 1.165) is 22.3 Å². The third-order valence-electron chi connectivity index (χ3n) is 6.05. The van der Waals surface area contributed by atoms with Crippen molar-refractivity contribution in [2.75, 3.05) is 11.9 Å². The third-order valence-corrected chi connectivity index (χ3v) is 6.37. The second kappa shape index (κ2) is 10.2. The molecule has 0 unspecified atom stereocenters. The topological polar surface area (TPSA) is 105 Å². The van der Waals surface area contributed by atoms with E-state index in [1.54, 1.807) is 13.8 Å². The van der Waals surface area contributed by atoms with Crippen LogP contribution in [0.25, 0.3) is 11.1 Å². The quantitative estimate of drug-likeness (QED) is 0.401. The highest BCUT2D eigenvalue weighted by Crippen LogP contribution is 2.44. The van der Waals surface area contributed by atoms with Crippen molar-refractivity contribution in [3.63, 3.8) is 0 Å². The number of ether oxygens (including phenoxy) is 1. The summed E-state index contributed by atoms with van der Waals surface area (Å²) in [7, 11) is 0. The SMILES string of the molecule is CC(C)[C@@H](NC(=O)OCC1c2ccccc2-c2ccccc21)C(=O)Nc1cccc(Cl)c1C(=O)O. The molecule has 4 rings (SSSR count). The Morgan fingerprint density at radius 2 is 1.54 bits per heavy atom. The summed E-state index contributed by atoms with van der Waals surface area (Å²) in [6.07, 6.45) is -0.731. The molecule has 1 atom stereocenters. The fraction of sp³-hybridized carbons (Fsp3) is 0.222. The lowest BCUT2D eigenvalue weighted by Crippen LogP contribution is -2.47. The molecule has 3 aromatic carbocycles. The van der Waals surface area contributed by atoms with Crippen LogP contribution in [0.15, 0.2) is 66.7 Å². The van der Waals surface area contributed by atoms with Crippen molar-refractivity contribution < 1.29 is 24.2 Å². The van der Waals surface area contributed by atoms with Crippen LogP contribution in [-0.4, -0.2) is 35.7 Å². The Kier molecular flexibility index (Phi) is 7.07. The van der Waals surface area contributed by atoms with Crippen molar-refractivity contribution in [1.29, 1.82) is 0 Å². The van der Waals surface area contributed by atoms with Crippen LogP contribution in [0.5, 0.6) is 0 Å². The number of halogens is 1. The second-order valence-electron chi connectivity index (χ2n) is 8.65. The summed E-state index contributed by atoms with van der Waals surface area (Å²) in [5.74, 6) is -2.23. The van der Waals surface area contributed by atoms with Gasteiger partial charge < -0.3 is 20.5 Å². The first-order valence-corrected chi connectivity index (χ1v) is 11.6. The fourth-order valence-corrected chi connectivity index (χ4v) is 4.61. The first-order valence-electron chi connectivity index (χ1n) is 11.2. The van der Waals surface area contributed by atoms with Crippen LogP contribution in [0.4, 0.5) is 10.5 Å². The zero-order valence-electron chi connectivity index (χ0n) is 19.2. The molecular weight excluding hydrogens is 468 g/mol. The van der Waals surface area contributed by atoms with Crippen molar-refractivity contribution >= 4 is 35.3 Å². The minimum atomic E-state index is -1.27. The van der Waals surface area contributed by atoms with E-state index in [-0.39, 0.29) is 34.7 Å². The van der Waals surface area contributed by atoms with E-state index in [1.165, 1.54) is 18.2 Å². The maximum Gasteiger partial charge on any atom is 0.407 e. The molecule has 0 heterocycles. The monoisotopic (exact) mass is 492 g/mol. The van der Waals surface area contributed by atoms with Crippen LogP contribution in [0.3, 0.4) is 0 Å². The Morgan fingerprint density at radius 1 is 0.943 bits per heavy atom. The minimum Gasteiger partial charge on any atom is -0.478 e. The van der Waals surface area contributed by atoms with Gasteiger partial charge in [-0.15, -0.1) is 0 Å². The molecule has 0 aliphatic heterocycles. The van der Waals surface area contributed by atoms with E-state index < -0.39 is 24.0 Å². The molecule has 2 amide bonds. The summed E-state index contributed by atoms with van der Waals surface area (Å²) in [5.41, 5.74) is 4.24. The Morgan fingerprint density at radius 3 is 2.11 bits per heavy atom. The lowest BCUT2D eigenvalue weighted by molar-refractivity contribution is -0.119. The summed E-state index contributed by atoms with van der Waals surface area (Å²) >= 11 is 5.99. The number of carbonyl (C=O) groups excluding carboxylic acids is 2. The average Bonchev–Trinajstić information content (AvgIpc) is 3.14. The molecule has 0 spiro atoms. The molecule has 7 nitrogen and oxygen atoms in total. The van der Waals surface area contributed by atoms with Crippen molar-refractivity contribution in [2.24, 2.45) is 5.92 Å². The molecular formula is C27H25ClN2O5. The van der Waals surface area contributed by atoms with Gasteiger partial charge in [-0.25, -0.2) is 9.59 Å². The third kappa shape index (κ3) is 5.00. The Labute approximate surface area is 208 Å². The normalized spacial score (nSPS) is 13.0. The van der Waals surface area contributed by atoms with Gasteiger partial charge in [-0.2, -0.15) is 0 Å². The van der Waals surface area contributed by atoms with Gasteiger partial charge >= 0.3 is 12.1 Å². The number of alkyl carbamates (subject to hydrolysis) is 1. The molecule has 1 aliphatic rings. The molecule has 0 aromatic heterocycles. The average molecular weight is 493 g/mol. The van der Waals surface area contributed by atoms with Gasteiger partial charge in [0, 0.05) is 5.92 Å². The highest BCUT2D eigenvalue weighted by molar-refractivity contribution is 6.34. The number of hydrogen-bond donors (Lipinski definition) is 3. The maximum atomic E-state index is 12.9. The van der Waals surface area contributed by atoms with Gasteiger partial charge in [0.1, 0.15) is 18.2 Å². The van der Waals surface area contributed by atoms with Crippen LogP contribution < -0.4 is 10.6 Å². The Balaban J connectivity index is 1.45. The van der Waals surface area contributed by atoms with Crippen molar-refractivity contribution in [3.05, 3.63) is 88.4 Å². The van der Waals surface area contributed by atoms with Gasteiger partial charge in [0.05, 0.1) is 10.7 Å². The van der Waals surface area contributed by atoms with E-state index in [1.807, 2.05) is 36.4 Å². The molecule has 0 radical (unpaired) electrons. The highest BCUT2D eigenvalue weighted by Gasteiger charge is 2.31. The molecule has 8 heteroatoms. The molecule has 0 fully saturated rings. The number of amides is 2. The molecule has 0 saturated carbocycles. The number of aromatic carboxylic acids is 1. The predicted octanol–water partition coefficient (Wildman–Crippen LogP) is 5.54. The largest absolute Gasteiger partial charge is 0.478 e. The lowest BCUT2D eigenvalue weighted by atomic mass is 9.98. The molecule has 0 bridgehead atoms. The van der Waals surface area contributed by atoms with E-state index in [2.05, 4.69) is 22.8 Å². The number of carbonyl (C=O) groups is 3. The van der Waals surface area contributed by atoms with Gasteiger partial charge in [0.15, 0.2) is 0 Å². The zero-order chi connectivity index (χ0) is 25.1. The first-order chi connectivity index (χ1) is 16.8. The number of carboxylic acids is 1. The number of hydrogen-bond acceptors (Lipinski definition) is 4.